The zero-order valence-electron chi connectivity index (χ0n) is 12.8. The summed E-state index contributed by atoms with van der Waals surface area (Å²) < 4.78 is 0. The Bertz CT molecular complexity index is 765. The van der Waals surface area contributed by atoms with Gasteiger partial charge in [-0.1, -0.05) is 53.0 Å². The van der Waals surface area contributed by atoms with Crippen molar-refractivity contribution in [1.29, 1.82) is 0 Å². The molecule has 0 spiro atoms. The third-order valence-electron chi connectivity index (χ3n) is 3.35. The highest BCUT2D eigenvalue weighted by Crippen LogP contribution is 2.25. The summed E-state index contributed by atoms with van der Waals surface area (Å²) in [7, 11) is 0. The second-order valence-corrected chi connectivity index (χ2v) is 6.35. The van der Waals surface area contributed by atoms with Crippen LogP contribution in [-0.4, -0.2) is 18.4 Å². The number of rotatable bonds is 5. The highest BCUT2D eigenvalue weighted by atomic mass is 35.5. The molecule has 0 fully saturated rings. The molecule has 0 radical (unpaired) electrons. The van der Waals surface area contributed by atoms with Crippen LogP contribution >= 0.6 is 34.8 Å². The Morgan fingerprint density at radius 3 is 2.38 bits per heavy atom. The fourth-order valence-corrected chi connectivity index (χ4v) is 2.59. The summed E-state index contributed by atoms with van der Waals surface area (Å²) in [5.41, 5.74) is 1.14. The minimum Gasteiger partial charge on any atom is -0.348 e. The first-order valence-corrected chi connectivity index (χ1v) is 8.29. The maximum atomic E-state index is 12.0. The molecule has 7 heteroatoms. The van der Waals surface area contributed by atoms with Gasteiger partial charge in [0.25, 0.3) is 5.91 Å². The van der Waals surface area contributed by atoms with Crippen molar-refractivity contribution >= 4 is 46.6 Å². The Hall–Kier alpha value is -1.75. The largest absolute Gasteiger partial charge is 0.348 e. The molecule has 0 aliphatic carbocycles. The highest BCUT2D eigenvalue weighted by Gasteiger charge is 2.14. The summed E-state index contributed by atoms with van der Waals surface area (Å²) in [6.07, 6.45) is 0. The lowest BCUT2D eigenvalue weighted by atomic mass is 10.1. The number of halogens is 3. The van der Waals surface area contributed by atoms with Gasteiger partial charge in [0, 0.05) is 0 Å². The Morgan fingerprint density at radius 2 is 1.71 bits per heavy atom. The van der Waals surface area contributed by atoms with E-state index in [-0.39, 0.29) is 18.5 Å². The number of carbonyl (C=O) groups is 2. The van der Waals surface area contributed by atoms with Gasteiger partial charge in [-0.25, -0.2) is 0 Å². The van der Waals surface area contributed by atoms with Crippen molar-refractivity contribution in [3.05, 3.63) is 68.7 Å². The molecule has 2 N–H and O–H groups in total. The average molecular weight is 386 g/mol. The molecule has 0 saturated carbocycles. The van der Waals surface area contributed by atoms with Crippen LogP contribution in [0.5, 0.6) is 0 Å². The molecule has 2 aromatic carbocycles. The van der Waals surface area contributed by atoms with Gasteiger partial charge in [-0.2, -0.15) is 0 Å². The van der Waals surface area contributed by atoms with Crippen LogP contribution in [0.2, 0.25) is 15.1 Å². The van der Waals surface area contributed by atoms with Crippen LogP contribution in [0.25, 0.3) is 0 Å². The van der Waals surface area contributed by atoms with Crippen molar-refractivity contribution in [3.63, 3.8) is 0 Å². The second-order valence-electron chi connectivity index (χ2n) is 5.13. The first-order valence-electron chi connectivity index (χ1n) is 7.15. The minimum atomic E-state index is -0.405. The van der Waals surface area contributed by atoms with E-state index in [2.05, 4.69) is 10.6 Å². The Labute approximate surface area is 155 Å². The van der Waals surface area contributed by atoms with E-state index in [1.807, 2.05) is 6.92 Å². The summed E-state index contributed by atoms with van der Waals surface area (Å²) in [6, 6.07) is 11.5. The molecule has 1 unspecified atom stereocenters. The standard InChI is InChI=1S/C17H15Cl3N2O2/c1-10(11-6-7-14(19)15(20)8-11)22-16(23)9-21-17(24)12-4-2-3-5-13(12)18/h2-8,10H,9H2,1H3,(H,21,24)(H,22,23). The molecular weight excluding hydrogens is 371 g/mol. The van der Waals surface area contributed by atoms with Crippen LogP contribution < -0.4 is 10.6 Å². The molecule has 0 bridgehead atoms. The lowest BCUT2D eigenvalue weighted by molar-refractivity contribution is -0.120. The Balaban J connectivity index is 1.90. The number of benzene rings is 2. The van der Waals surface area contributed by atoms with E-state index in [0.29, 0.717) is 20.6 Å². The van der Waals surface area contributed by atoms with Gasteiger partial charge in [0.2, 0.25) is 5.91 Å². The first kappa shape index (κ1) is 18.6. The second kappa shape index (κ2) is 8.38. The van der Waals surface area contributed by atoms with Crippen LogP contribution in [0, 0.1) is 0 Å². The molecule has 2 aromatic rings. The number of hydrogen-bond acceptors (Lipinski definition) is 2. The van der Waals surface area contributed by atoms with Crippen LogP contribution in [0.15, 0.2) is 42.5 Å². The monoisotopic (exact) mass is 384 g/mol. The van der Waals surface area contributed by atoms with Gasteiger partial charge in [-0.3, -0.25) is 9.59 Å². The topological polar surface area (TPSA) is 58.2 Å². The lowest BCUT2D eigenvalue weighted by Crippen LogP contribution is -2.38. The van der Waals surface area contributed by atoms with E-state index in [0.717, 1.165) is 5.56 Å². The molecule has 2 amide bonds. The number of hydrogen-bond donors (Lipinski definition) is 2. The van der Waals surface area contributed by atoms with Gasteiger partial charge < -0.3 is 10.6 Å². The van der Waals surface area contributed by atoms with E-state index in [4.69, 9.17) is 34.8 Å². The summed E-state index contributed by atoms with van der Waals surface area (Å²) in [5.74, 6) is -0.730. The van der Waals surface area contributed by atoms with Gasteiger partial charge in [0.05, 0.1) is 33.2 Å². The third-order valence-corrected chi connectivity index (χ3v) is 4.42. The molecule has 24 heavy (non-hydrogen) atoms. The van der Waals surface area contributed by atoms with Gasteiger partial charge in [-0.15, -0.1) is 0 Å². The lowest BCUT2D eigenvalue weighted by Gasteiger charge is -2.15. The summed E-state index contributed by atoms with van der Waals surface area (Å²) in [6.45, 7) is 1.66. The fraction of sp³-hybridized carbons (Fsp3) is 0.176. The highest BCUT2D eigenvalue weighted by molar-refractivity contribution is 6.42. The fourth-order valence-electron chi connectivity index (χ4n) is 2.06. The van der Waals surface area contributed by atoms with Gasteiger partial charge in [0.1, 0.15) is 0 Å². The molecule has 0 saturated heterocycles. The van der Waals surface area contributed by atoms with Gasteiger partial charge >= 0.3 is 0 Å². The van der Waals surface area contributed by atoms with Crippen LogP contribution in [0.4, 0.5) is 0 Å². The summed E-state index contributed by atoms with van der Waals surface area (Å²) in [4.78, 5) is 24.0. The zero-order chi connectivity index (χ0) is 17.7. The molecule has 4 nitrogen and oxygen atoms in total. The molecule has 0 aromatic heterocycles. The minimum absolute atomic E-state index is 0.157. The molecule has 126 valence electrons. The quantitative estimate of drug-likeness (QED) is 0.808. The molecule has 0 aliphatic heterocycles. The maximum absolute atomic E-state index is 12.0. The Kier molecular flexibility index (Phi) is 6.49. The summed E-state index contributed by atoms with van der Waals surface area (Å²) >= 11 is 17.8. The predicted molar refractivity (Wildman–Crippen MR) is 96.8 cm³/mol. The normalized spacial score (nSPS) is 11.7. The number of carbonyl (C=O) groups excluding carboxylic acids is 2. The van der Waals surface area contributed by atoms with Crippen LogP contribution in [0.3, 0.4) is 0 Å². The number of amides is 2. The van der Waals surface area contributed by atoms with Crippen molar-refractivity contribution in [3.8, 4) is 0 Å². The maximum Gasteiger partial charge on any atom is 0.253 e. The van der Waals surface area contributed by atoms with Crippen molar-refractivity contribution in [2.24, 2.45) is 0 Å². The third kappa shape index (κ3) is 4.87. The zero-order valence-corrected chi connectivity index (χ0v) is 15.0. The predicted octanol–water partition coefficient (Wildman–Crippen LogP) is 4.25. The molecular formula is C17H15Cl3N2O2. The van der Waals surface area contributed by atoms with Crippen molar-refractivity contribution < 1.29 is 9.59 Å². The van der Waals surface area contributed by atoms with E-state index >= 15 is 0 Å². The van der Waals surface area contributed by atoms with E-state index < -0.39 is 5.91 Å². The first-order chi connectivity index (χ1) is 11.4. The van der Waals surface area contributed by atoms with Crippen molar-refractivity contribution in [2.75, 3.05) is 6.54 Å². The SMILES string of the molecule is CC(NC(=O)CNC(=O)c1ccccc1Cl)c1ccc(Cl)c(Cl)c1. The summed E-state index contributed by atoms with van der Waals surface area (Å²) in [5, 5.41) is 6.51. The molecule has 0 heterocycles. The van der Waals surface area contributed by atoms with Crippen LogP contribution in [-0.2, 0) is 4.79 Å². The van der Waals surface area contributed by atoms with Crippen molar-refractivity contribution in [2.45, 2.75) is 13.0 Å². The molecule has 1 atom stereocenters. The average Bonchev–Trinajstić information content (AvgIpc) is 2.55. The van der Waals surface area contributed by atoms with Gasteiger partial charge in [-0.05, 0) is 36.8 Å². The molecule has 0 aliphatic rings. The number of nitrogens with one attached hydrogen (secondary N) is 2. The van der Waals surface area contributed by atoms with Crippen LogP contribution in [0.1, 0.15) is 28.9 Å². The van der Waals surface area contributed by atoms with Gasteiger partial charge in [0.15, 0.2) is 0 Å². The van der Waals surface area contributed by atoms with Crippen molar-refractivity contribution in [1.82, 2.24) is 10.6 Å². The Morgan fingerprint density at radius 1 is 1.00 bits per heavy atom. The van der Waals surface area contributed by atoms with E-state index in [1.54, 1.807) is 42.5 Å². The molecule has 2 rings (SSSR count). The smallest absolute Gasteiger partial charge is 0.253 e. The van der Waals surface area contributed by atoms with E-state index in [1.165, 1.54) is 0 Å². The van der Waals surface area contributed by atoms with E-state index in [9.17, 15) is 9.59 Å².